The molecule has 0 heterocycles. The van der Waals surface area contributed by atoms with Crippen LogP contribution in [0.1, 0.15) is 26.7 Å². The SMILES string of the molecule is CC(C)N(CCC(=O)O)C(=O)C1C=CC(N)C1. The third kappa shape index (κ3) is 3.85. The zero-order valence-electron chi connectivity index (χ0n) is 10.3. The Bertz CT molecular complexity index is 326. The van der Waals surface area contributed by atoms with E-state index in [0.29, 0.717) is 6.42 Å². The number of carbonyl (C=O) groups is 2. The fourth-order valence-corrected chi connectivity index (χ4v) is 1.96. The molecule has 1 amide bonds. The van der Waals surface area contributed by atoms with Gasteiger partial charge in [0.2, 0.25) is 5.91 Å². The van der Waals surface area contributed by atoms with Gasteiger partial charge in [0, 0.05) is 18.6 Å². The van der Waals surface area contributed by atoms with Gasteiger partial charge < -0.3 is 15.7 Å². The van der Waals surface area contributed by atoms with Crippen LogP contribution in [0.5, 0.6) is 0 Å². The first-order chi connectivity index (χ1) is 7.91. The normalized spacial score (nSPS) is 23.1. The minimum atomic E-state index is -0.887. The van der Waals surface area contributed by atoms with Gasteiger partial charge >= 0.3 is 5.97 Å². The number of hydrogen-bond donors (Lipinski definition) is 2. The second-order valence-corrected chi connectivity index (χ2v) is 4.66. The summed E-state index contributed by atoms with van der Waals surface area (Å²) in [4.78, 5) is 24.3. The van der Waals surface area contributed by atoms with Crippen LogP contribution in [0, 0.1) is 5.92 Å². The zero-order chi connectivity index (χ0) is 13.0. The summed E-state index contributed by atoms with van der Waals surface area (Å²) in [5.74, 6) is -1.10. The standard InChI is InChI=1S/C12H20N2O3/c1-8(2)14(6-5-11(15)16)12(17)9-3-4-10(13)7-9/h3-4,8-10H,5-7,13H2,1-2H3,(H,15,16). The maximum absolute atomic E-state index is 12.2. The van der Waals surface area contributed by atoms with Gasteiger partial charge in [0.25, 0.3) is 0 Å². The summed E-state index contributed by atoms with van der Waals surface area (Å²) in [6, 6.07) is -0.0514. The highest BCUT2D eigenvalue weighted by atomic mass is 16.4. The average molecular weight is 240 g/mol. The smallest absolute Gasteiger partial charge is 0.305 e. The van der Waals surface area contributed by atoms with Crippen molar-refractivity contribution in [3.8, 4) is 0 Å². The number of carboxylic acids is 1. The van der Waals surface area contributed by atoms with E-state index in [2.05, 4.69) is 0 Å². The Kier molecular flexibility index (Phi) is 4.69. The van der Waals surface area contributed by atoms with E-state index in [1.54, 1.807) is 4.90 Å². The molecule has 5 heteroatoms. The van der Waals surface area contributed by atoms with E-state index in [0.717, 1.165) is 0 Å². The van der Waals surface area contributed by atoms with Crippen molar-refractivity contribution in [1.82, 2.24) is 4.90 Å². The number of aliphatic carboxylic acids is 1. The van der Waals surface area contributed by atoms with Crippen LogP contribution in [0.4, 0.5) is 0 Å². The molecule has 0 aromatic rings. The van der Waals surface area contributed by atoms with Crippen molar-refractivity contribution in [2.24, 2.45) is 11.7 Å². The van der Waals surface area contributed by atoms with E-state index in [-0.39, 0.29) is 36.9 Å². The second kappa shape index (κ2) is 5.82. The maximum atomic E-state index is 12.2. The molecule has 0 aromatic carbocycles. The van der Waals surface area contributed by atoms with E-state index in [1.807, 2.05) is 26.0 Å². The first kappa shape index (κ1) is 13.7. The van der Waals surface area contributed by atoms with Crippen LogP contribution in [0.25, 0.3) is 0 Å². The molecule has 0 fully saturated rings. The zero-order valence-corrected chi connectivity index (χ0v) is 10.3. The summed E-state index contributed by atoms with van der Waals surface area (Å²) in [6.07, 6.45) is 4.25. The van der Waals surface area contributed by atoms with Gasteiger partial charge in [-0.3, -0.25) is 9.59 Å². The molecule has 0 spiro atoms. The van der Waals surface area contributed by atoms with E-state index >= 15 is 0 Å². The van der Waals surface area contributed by atoms with Crippen LogP contribution in [-0.2, 0) is 9.59 Å². The quantitative estimate of drug-likeness (QED) is 0.689. The van der Waals surface area contributed by atoms with E-state index < -0.39 is 5.97 Å². The van der Waals surface area contributed by atoms with Gasteiger partial charge in [-0.25, -0.2) is 0 Å². The van der Waals surface area contributed by atoms with Gasteiger partial charge in [-0.2, -0.15) is 0 Å². The van der Waals surface area contributed by atoms with Gasteiger partial charge in [-0.1, -0.05) is 12.2 Å². The molecule has 5 nitrogen and oxygen atoms in total. The van der Waals surface area contributed by atoms with E-state index in [1.165, 1.54) is 0 Å². The molecule has 1 rings (SSSR count). The molecule has 1 aliphatic rings. The third-order valence-electron chi connectivity index (χ3n) is 2.91. The first-order valence-electron chi connectivity index (χ1n) is 5.88. The second-order valence-electron chi connectivity index (χ2n) is 4.66. The van der Waals surface area contributed by atoms with Gasteiger partial charge in [0.05, 0.1) is 12.3 Å². The Hall–Kier alpha value is -1.36. The van der Waals surface area contributed by atoms with Crippen LogP contribution < -0.4 is 5.73 Å². The van der Waals surface area contributed by atoms with Crippen LogP contribution in [-0.4, -0.2) is 40.5 Å². The molecular formula is C12H20N2O3. The molecule has 96 valence electrons. The van der Waals surface area contributed by atoms with Crippen LogP contribution in [0.3, 0.4) is 0 Å². The molecule has 0 bridgehead atoms. The minimum Gasteiger partial charge on any atom is -0.481 e. The van der Waals surface area contributed by atoms with Gasteiger partial charge in [-0.15, -0.1) is 0 Å². The van der Waals surface area contributed by atoms with Crippen LogP contribution >= 0.6 is 0 Å². The lowest BCUT2D eigenvalue weighted by molar-refractivity contribution is -0.140. The number of hydrogen-bond acceptors (Lipinski definition) is 3. The lowest BCUT2D eigenvalue weighted by Crippen LogP contribution is -2.41. The Labute approximate surface area is 101 Å². The van der Waals surface area contributed by atoms with Gasteiger partial charge in [-0.05, 0) is 20.3 Å². The summed E-state index contributed by atoms with van der Waals surface area (Å²) in [6.45, 7) is 4.03. The molecule has 0 aliphatic heterocycles. The molecule has 0 saturated heterocycles. The molecule has 1 aliphatic carbocycles. The molecule has 0 aromatic heterocycles. The number of rotatable bonds is 5. The fraction of sp³-hybridized carbons (Fsp3) is 0.667. The highest BCUT2D eigenvalue weighted by Gasteiger charge is 2.28. The average Bonchev–Trinajstić information content (AvgIpc) is 2.63. The lowest BCUT2D eigenvalue weighted by Gasteiger charge is -2.28. The fourth-order valence-electron chi connectivity index (χ4n) is 1.96. The molecule has 3 N–H and O–H groups in total. The van der Waals surface area contributed by atoms with Crippen molar-refractivity contribution in [3.63, 3.8) is 0 Å². The lowest BCUT2D eigenvalue weighted by atomic mass is 10.1. The highest BCUT2D eigenvalue weighted by molar-refractivity contribution is 5.82. The Balaban J connectivity index is 2.61. The number of nitrogens with zero attached hydrogens (tertiary/aromatic N) is 1. The molecular weight excluding hydrogens is 220 g/mol. The minimum absolute atomic E-state index is 0.00655. The topological polar surface area (TPSA) is 83.6 Å². The summed E-state index contributed by atoms with van der Waals surface area (Å²) in [7, 11) is 0. The largest absolute Gasteiger partial charge is 0.481 e. The van der Waals surface area contributed by atoms with E-state index in [9.17, 15) is 9.59 Å². The molecule has 2 atom stereocenters. The van der Waals surface area contributed by atoms with Gasteiger partial charge in [0.1, 0.15) is 0 Å². The molecule has 0 radical (unpaired) electrons. The van der Waals surface area contributed by atoms with Gasteiger partial charge in [0.15, 0.2) is 0 Å². The summed E-state index contributed by atoms with van der Waals surface area (Å²) >= 11 is 0. The third-order valence-corrected chi connectivity index (χ3v) is 2.91. The monoisotopic (exact) mass is 240 g/mol. The van der Waals surface area contributed by atoms with Crippen molar-refractivity contribution in [2.45, 2.75) is 38.8 Å². The summed E-state index contributed by atoms with van der Waals surface area (Å²) in [5, 5.41) is 8.66. The van der Waals surface area contributed by atoms with Crippen molar-refractivity contribution < 1.29 is 14.7 Å². The number of nitrogens with two attached hydrogens (primary N) is 1. The summed E-state index contributed by atoms with van der Waals surface area (Å²) in [5.41, 5.74) is 5.71. The predicted molar refractivity (Wildman–Crippen MR) is 64.3 cm³/mol. The number of carbonyl (C=O) groups excluding carboxylic acids is 1. The maximum Gasteiger partial charge on any atom is 0.305 e. The Morgan fingerprint density at radius 2 is 2.12 bits per heavy atom. The molecule has 17 heavy (non-hydrogen) atoms. The van der Waals surface area contributed by atoms with Crippen molar-refractivity contribution in [2.75, 3.05) is 6.54 Å². The number of carboxylic acid groups (broad SMARTS) is 1. The van der Waals surface area contributed by atoms with E-state index in [4.69, 9.17) is 10.8 Å². The van der Waals surface area contributed by atoms with Crippen molar-refractivity contribution in [1.29, 1.82) is 0 Å². The molecule has 0 saturated carbocycles. The van der Waals surface area contributed by atoms with Crippen LogP contribution in [0.15, 0.2) is 12.2 Å². The Morgan fingerprint density at radius 3 is 2.53 bits per heavy atom. The van der Waals surface area contributed by atoms with Crippen molar-refractivity contribution >= 4 is 11.9 Å². The predicted octanol–water partition coefficient (Wildman–Crippen LogP) is 0.601. The summed E-state index contributed by atoms with van der Waals surface area (Å²) < 4.78 is 0. The number of amides is 1. The first-order valence-corrected chi connectivity index (χ1v) is 5.88. The Morgan fingerprint density at radius 1 is 1.47 bits per heavy atom. The molecule has 2 unspecified atom stereocenters. The highest BCUT2D eigenvalue weighted by Crippen LogP contribution is 2.20. The van der Waals surface area contributed by atoms with Crippen LogP contribution in [0.2, 0.25) is 0 Å². The van der Waals surface area contributed by atoms with Crippen molar-refractivity contribution in [3.05, 3.63) is 12.2 Å².